The summed E-state index contributed by atoms with van der Waals surface area (Å²) in [5, 5.41) is 14.9. The Labute approximate surface area is 181 Å². The average molecular weight is 510 g/mol. The molecule has 3 rings (SSSR count). The van der Waals surface area contributed by atoms with E-state index in [1.807, 2.05) is 28.7 Å². The van der Waals surface area contributed by atoms with E-state index in [9.17, 15) is 9.18 Å². The number of hydrogen-bond acceptors (Lipinski definition) is 7. The number of anilines is 3. The summed E-state index contributed by atoms with van der Waals surface area (Å²) in [7, 11) is 3.17. The third-order valence-corrected chi connectivity index (χ3v) is 5.70. The lowest BCUT2D eigenvalue weighted by atomic mass is 10.1. The standard InChI is InChI=1S/C19H20FIN6O2/c1-23-16-13(10-22)11-24-18(26-16)25-14-4-3-12(9-15(14)29-2)17(28)27-7-5-19(20,21)6-8-27/h3-4,9,11H,5-8H2,1-2H3,(H2,23,24,25,26). The van der Waals surface area contributed by atoms with Gasteiger partial charge < -0.3 is 20.3 Å². The number of likely N-dealkylation sites (tertiary alicyclic amines) is 1. The van der Waals surface area contributed by atoms with E-state index in [-0.39, 0.29) is 11.9 Å². The molecule has 1 saturated heterocycles. The highest BCUT2D eigenvalue weighted by Gasteiger charge is 2.33. The molecule has 0 aliphatic carbocycles. The predicted octanol–water partition coefficient (Wildman–Crippen LogP) is 3.48. The molecule has 0 saturated carbocycles. The molecule has 1 amide bonds. The number of halogens is 2. The van der Waals surface area contributed by atoms with Crippen LogP contribution in [-0.2, 0) is 0 Å². The molecular formula is C19H20FIN6O2. The fourth-order valence-corrected chi connectivity index (χ4v) is 3.46. The second-order valence-corrected chi connectivity index (χ2v) is 8.44. The van der Waals surface area contributed by atoms with Gasteiger partial charge in [0.1, 0.15) is 23.2 Å². The molecule has 29 heavy (non-hydrogen) atoms. The zero-order valence-electron chi connectivity index (χ0n) is 16.0. The van der Waals surface area contributed by atoms with E-state index < -0.39 is 3.68 Å². The van der Waals surface area contributed by atoms with Crippen molar-refractivity contribution >= 4 is 46.0 Å². The van der Waals surface area contributed by atoms with Crippen LogP contribution >= 0.6 is 22.6 Å². The van der Waals surface area contributed by atoms with Gasteiger partial charge in [-0.25, -0.2) is 9.37 Å². The van der Waals surface area contributed by atoms with Crippen molar-refractivity contribution in [3.63, 3.8) is 0 Å². The molecule has 2 N–H and O–H groups in total. The van der Waals surface area contributed by atoms with Crippen LogP contribution in [0.25, 0.3) is 0 Å². The zero-order chi connectivity index (χ0) is 21.0. The molecule has 0 bridgehead atoms. The number of alkyl halides is 2. The summed E-state index contributed by atoms with van der Waals surface area (Å²) in [6, 6.07) is 7.02. The molecule has 0 atom stereocenters. The molecule has 0 spiro atoms. The largest absolute Gasteiger partial charge is 0.495 e. The first-order valence-electron chi connectivity index (χ1n) is 8.94. The number of nitrogens with one attached hydrogen (secondary N) is 2. The number of piperidine rings is 1. The van der Waals surface area contributed by atoms with Gasteiger partial charge >= 0.3 is 0 Å². The first-order valence-corrected chi connectivity index (χ1v) is 10.0. The lowest BCUT2D eigenvalue weighted by molar-refractivity contribution is 0.0653. The van der Waals surface area contributed by atoms with Gasteiger partial charge in [-0.15, -0.1) is 0 Å². The minimum Gasteiger partial charge on any atom is -0.495 e. The summed E-state index contributed by atoms with van der Waals surface area (Å²) >= 11 is 1.81. The Kier molecular flexibility index (Phi) is 6.36. The lowest BCUT2D eigenvalue weighted by Gasteiger charge is -2.33. The highest BCUT2D eigenvalue weighted by atomic mass is 127. The maximum absolute atomic E-state index is 14.0. The lowest BCUT2D eigenvalue weighted by Crippen LogP contribution is -2.42. The van der Waals surface area contributed by atoms with Crippen molar-refractivity contribution in [2.24, 2.45) is 0 Å². The van der Waals surface area contributed by atoms with E-state index in [0.29, 0.717) is 54.3 Å². The van der Waals surface area contributed by atoms with E-state index in [2.05, 4.69) is 20.6 Å². The number of amides is 1. The molecule has 8 nitrogen and oxygen atoms in total. The van der Waals surface area contributed by atoms with Crippen LogP contribution in [0, 0.1) is 11.3 Å². The van der Waals surface area contributed by atoms with Crippen LogP contribution in [0.2, 0.25) is 0 Å². The smallest absolute Gasteiger partial charge is 0.253 e. The van der Waals surface area contributed by atoms with Crippen LogP contribution in [0.5, 0.6) is 5.75 Å². The van der Waals surface area contributed by atoms with Crippen molar-refractivity contribution in [3.05, 3.63) is 35.5 Å². The number of rotatable bonds is 5. The van der Waals surface area contributed by atoms with Crippen molar-refractivity contribution in [3.8, 4) is 11.8 Å². The Morgan fingerprint density at radius 3 is 2.76 bits per heavy atom. The van der Waals surface area contributed by atoms with E-state index >= 15 is 0 Å². The molecule has 1 aliphatic heterocycles. The highest BCUT2D eigenvalue weighted by molar-refractivity contribution is 14.1. The second-order valence-electron chi connectivity index (χ2n) is 6.51. The summed E-state index contributed by atoms with van der Waals surface area (Å²) < 4.78 is 18.1. The van der Waals surface area contributed by atoms with Crippen LogP contribution in [0.4, 0.5) is 21.8 Å². The number of carbonyl (C=O) groups is 1. The van der Waals surface area contributed by atoms with E-state index in [4.69, 9.17) is 10.00 Å². The van der Waals surface area contributed by atoms with Crippen LogP contribution in [0.15, 0.2) is 24.4 Å². The average Bonchev–Trinajstić information content (AvgIpc) is 2.73. The number of carbonyl (C=O) groups excluding carboxylic acids is 1. The van der Waals surface area contributed by atoms with Crippen LogP contribution in [0.1, 0.15) is 28.8 Å². The monoisotopic (exact) mass is 510 g/mol. The molecule has 1 aliphatic rings. The molecule has 2 aromatic rings. The number of hydrogen-bond donors (Lipinski definition) is 2. The number of nitrogens with zero attached hydrogens (tertiary/aromatic N) is 4. The molecular weight excluding hydrogens is 490 g/mol. The van der Waals surface area contributed by atoms with Gasteiger partial charge in [-0.3, -0.25) is 4.79 Å². The Morgan fingerprint density at radius 2 is 2.14 bits per heavy atom. The molecule has 152 valence electrons. The molecule has 1 aromatic heterocycles. The summed E-state index contributed by atoms with van der Waals surface area (Å²) in [5.41, 5.74) is 1.37. The van der Waals surface area contributed by atoms with Crippen molar-refractivity contribution in [1.29, 1.82) is 5.26 Å². The van der Waals surface area contributed by atoms with Gasteiger partial charge in [0.2, 0.25) is 5.95 Å². The van der Waals surface area contributed by atoms with Gasteiger partial charge in [0.15, 0.2) is 3.68 Å². The van der Waals surface area contributed by atoms with E-state index in [1.165, 1.54) is 13.3 Å². The van der Waals surface area contributed by atoms with Crippen molar-refractivity contribution in [2.45, 2.75) is 16.5 Å². The number of benzene rings is 1. The maximum Gasteiger partial charge on any atom is 0.253 e. The van der Waals surface area contributed by atoms with Crippen LogP contribution in [0.3, 0.4) is 0 Å². The zero-order valence-corrected chi connectivity index (χ0v) is 18.2. The first kappa shape index (κ1) is 21.0. The normalized spacial score (nSPS) is 15.3. The quantitative estimate of drug-likeness (QED) is 0.469. The van der Waals surface area contributed by atoms with Gasteiger partial charge in [-0.05, 0) is 40.8 Å². The predicted molar refractivity (Wildman–Crippen MR) is 116 cm³/mol. The SMILES string of the molecule is CNc1nc(Nc2ccc(C(=O)N3CCC(F)(I)CC3)cc2OC)ncc1C#N. The van der Waals surface area contributed by atoms with E-state index in [1.54, 1.807) is 30.1 Å². The second kappa shape index (κ2) is 8.77. The minimum absolute atomic E-state index is 0.158. The Balaban J connectivity index is 1.79. The fraction of sp³-hybridized carbons (Fsp3) is 0.368. The number of nitriles is 1. The van der Waals surface area contributed by atoms with Gasteiger partial charge in [-0.2, -0.15) is 10.2 Å². The van der Waals surface area contributed by atoms with Crippen molar-refractivity contribution in [2.75, 3.05) is 37.9 Å². The summed E-state index contributed by atoms with van der Waals surface area (Å²) in [4.78, 5) is 22.8. The van der Waals surface area contributed by atoms with Gasteiger partial charge in [0, 0.05) is 38.5 Å². The number of methoxy groups -OCH3 is 1. The highest BCUT2D eigenvalue weighted by Crippen LogP contribution is 2.34. The maximum atomic E-state index is 14.0. The molecule has 0 radical (unpaired) electrons. The number of aromatic nitrogens is 2. The molecule has 2 heterocycles. The van der Waals surface area contributed by atoms with Gasteiger partial charge in [0.25, 0.3) is 5.91 Å². The summed E-state index contributed by atoms with van der Waals surface area (Å²) in [6.07, 6.45) is 2.06. The van der Waals surface area contributed by atoms with Crippen LogP contribution < -0.4 is 15.4 Å². The van der Waals surface area contributed by atoms with E-state index in [0.717, 1.165) is 0 Å². The molecule has 0 unspecified atom stereocenters. The molecule has 10 heteroatoms. The molecule has 1 aromatic carbocycles. The van der Waals surface area contributed by atoms with Gasteiger partial charge in [-0.1, -0.05) is 0 Å². The Hall–Kier alpha value is -2.68. The minimum atomic E-state index is -1.24. The van der Waals surface area contributed by atoms with Crippen LogP contribution in [-0.4, -0.2) is 51.7 Å². The Bertz CT molecular complexity index is 952. The summed E-state index contributed by atoms with van der Waals surface area (Å²) in [6.45, 7) is 0.763. The Morgan fingerprint density at radius 1 is 1.41 bits per heavy atom. The fourth-order valence-electron chi connectivity index (χ4n) is 2.98. The van der Waals surface area contributed by atoms with Crippen molar-refractivity contribution in [1.82, 2.24) is 14.9 Å². The molecule has 1 fully saturated rings. The van der Waals surface area contributed by atoms with Crippen molar-refractivity contribution < 1.29 is 13.9 Å². The summed E-state index contributed by atoms with van der Waals surface area (Å²) in [5.74, 6) is 0.970. The first-order chi connectivity index (χ1) is 13.9. The number of ether oxygens (including phenoxy) is 1. The third-order valence-electron chi connectivity index (χ3n) is 4.62. The van der Waals surface area contributed by atoms with Gasteiger partial charge in [0.05, 0.1) is 19.0 Å². The third kappa shape index (κ3) is 4.84. The topological polar surface area (TPSA) is 103 Å².